The molecule has 2 aromatic carbocycles. The van der Waals surface area contributed by atoms with Gasteiger partial charge in [0, 0.05) is 29.6 Å². The fraction of sp³-hybridized carbons (Fsp3) is 0.227. The van der Waals surface area contributed by atoms with Crippen LogP contribution in [0.25, 0.3) is 0 Å². The number of carbonyl (C=O) groups excluding carboxylic acids is 1. The lowest BCUT2D eigenvalue weighted by Gasteiger charge is -2.11. The van der Waals surface area contributed by atoms with Gasteiger partial charge in [0.2, 0.25) is 10.0 Å². The first-order chi connectivity index (χ1) is 14.9. The van der Waals surface area contributed by atoms with Gasteiger partial charge in [0.25, 0.3) is 5.91 Å². The van der Waals surface area contributed by atoms with Crippen molar-refractivity contribution >= 4 is 27.3 Å². The van der Waals surface area contributed by atoms with E-state index in [0.717, 1.165) is 10.4 Å². The molecule has 1 aromatic heterocycles. The van der Waals surface area contributed by atoms with Gasteiger partial charge in [-0.1, -0.05) is 12.1 Å². The number of hydrogen-bond acceptors (Lipinski definition) is 6. The first kappa shape index (κ1) is 22.8. The molecule has 3 aromatic rings. The van der Waals surface area contributed by atoms with Gasteiger partial charge in [-0.05, 0) is 53.8 Å². The first-order valence-electron chi connectivity index (χ1n) is 9.54. The second-order valence-electron chi connectivity index (χ2n) is 6.61. The molecular weight excluding hydrogens is 436 g/mol. The van der Waals surface area contributed by atoms with E-state index < -0.39 is 10.0 Å². The zero-order chi connectivity index (χ0) is 22.3. The molecule has 0 spiro atoms. The number of nitrogens with one attached hydrogen (secondary N) is 2. The highest BCUT2D eigenvalue weighted by Gasteiger charge is 2.15. The second-order valence-corrected chi connectivity index (χ2v) is 9.41. The molecule has 0 unspecified atom stereocenters. The van der Waals surface area contributed by atoms with Gasteiger partial charge in [-0.3, -0.25) is 4.79 Å². The average Bonchev–Trinajstić information content (AvgIpc) is 3.32. The summed E-state index contributed by atoms with van der Waals surface area (Å²) < 4.78 is 37.9. The fourth-order valence-electron chi connectivity index (χ4n) is 2.92. The lowest BCUT2D eigenvalue weighted by atomic mass is 10.1. The van der Waals surface area contributed by atoms with Crippen LogP contribution in [0.15, 0.2) is 64.9 Å². The van der Waals surface area contributed by atoms with Gasteiger partial charge in [-0.2, -0.15) is 0 Å². The van der Waals surface area contributed by atoms with E-state index in [1.165, 1.54) is 35.6 Å². The Morgan fingerprint density at radius 3 is 2.45 bits per heavy atom. The minimum atomic E-state index is -3.64. The molecule has 9 heteroatoms. The Morgan fingerprint density at radius 2 is 1.81 bits per heavy atom. The first-order valence-corrected chi connectivity index (χ1v) is 11.9. The van der Waals surface area contributed by atoms with Gasteiger partial charge in [-0.15, -0.1) is 11.3 Å². The smallest absolute Gasteiger partial charge is 0.251 e. The summed E-state index contributed by atoms with van der Waals surface area (Å²) in [5, 5.41) is 4.73. The Bertz CT molecular complexity index is 1110. The highest BCUT2D eigenvalue weighted by Crippen LogP contribution is 2.24. The third-order valence-electron chi connectivity index (χ3n) is 4.62. The summed E-state index contributed by atoms with van der Waals surface area (Å²) in [6.45, 7) is 0.640. The molecule has 2 N–H and O–H groups in total. The number of benzene rings is 2. The highest BCUT2D eigenvalue weighted by atomic mass is 32.2. The number of carbonyl (C=O) groups is 1. The van der Waals surface area contributed by atoms with Crippen molar-refractivity contribution in [3.05, 3.63) is 76.0 Å². The van der Waals surface area contributed by atoms with Crippen LogP contribution in [-0.4, -0.2) is 35.1 Å². The van der Waals surface area contributed by atoms with Crippen LogP contribution in [0.2, 0.25) is 0 Å². The largest absolute Gasteiger partial charge is 0.497 e. The predicted molar refractivity (Wildman–Crippen MR) is 120 cm³/mol. The molecule has 0 aliphatic carbocycles. The van der Waals surface area contributed by atoms with E-state index >= 15 is 0 Å². The molecule has 0 aliphatic rings. The summed E-state index contributed by atoms with van der Waals surface area (Å²) in [6, 6.07) is 15.1. The van der Waals surface area contributed by atoms with Crippen molar-refractivity contribution in [2.45, 2.75) is 17.9 Å². The van der Waals surface area contributed by atoms with E-state index in [0.29, 0.717) is 30.0 Å². The summed E-state index contributed by atoms with van der Waals surface area (Å²) in [4.78, 5) is 13.4. The maximum Gasteiger partial charge on any atom is 0.251 e. The van der Waals surface area contributed by atoms with Crippen molar-refractivity contribution in [1.82, 2.24) is 10.0 Å². The summed E-state index contributed by atoms with van der Waals surface area (Å²) in [5.74, 6) is 1.12. The van der Waals surface area contributed by atoms with Gasteiger partial charge in [-0.25, -0.2) is 13.1 Å². The van der Waals surface area contributed by atoms with Crippen molar-refractivity contribution in [2.75, 3.05) is 20.8 Å². The molecule has 0 bridgehead atoms. The van der Waals surface area contributed by atoms with E-state index in [9.17, 15) is 13.2 Å². The molecule has 31 heavy (non-hydrogen) atoms. The zero-order valence-corrected chi connectivity index (χ0v) is 18.9. The Labute approximate surface area is 186 Å². The van der Waals surface area contributed by atoms with Crippen molar-refractivity contribution in [3.8, 4) is 11.5 Å². The van der Waals surface area contributed by atoms with Crippen LogP contribution in [0.1, 0.15) is 20.8 Å². The maximum absolute atomic E-state index is 12.4. The Kier molecular flexibility index (Phi) is 7.67. The zero-order valence-electron chi connectivity index (χ0n) is 17.3. The van der Waals surface area contributed by atoms with E-state index in [-0.39, 0.29) is 17.3 Å². The minimum absolute atomic E-state index is 0.114. The van der Waals surface area contributed by atoms with Crippen molar-refractivity contribution < 1.29 is 22.7 Å². The second kappa shape index (κ2) is 10.4. The summed E-state index contributed by atoms with van der Waals surface area (Å²) >= 11 is 1.48. The number of sulfonamides is 1. The van der Waals surface area contributed by atoms with Crippen molar-refractivity contribution in [3.63, 3.8) is 0 Å². The van der Waals surface area contributed by atoms with Crippen LogP contribution >= 0.6 is 11.3 Å². The maximum atomic E-state index is 12.4. The molecule has 0 atom stereocenters. The predicted octanol–water partition coefficient (Wildman–Crippen LogP) is 3.22. The van der Waals surface area contributed by atoms with Crippen LogP contribution < -0.4 is 19.5 Å². The number of ether oxygens (including phenoxy) is 2. The van der Waals surface area contributed by atoms with Crippen LogP contribution in [0.5, 0.6) is 11.5 Å². The summed E-state index contributed by atoms with van der Waals surface area (Å²) in [5.41, 5.74) is 1.33. The van der Waals surface area contributed by atoms with E-state index in [1.807, 2.05) is 29.6 Å². The van der Waals surface area contributed by atoms with E-state index in [2.05, 4.69) is 10.0 Å². The molecule has 0 radical (unpaired) electrons. The SMILES string of the molecule is COc1ccc(CCNC(=O)c2ccc(S(=O)(=O)NCc3cccs3)cc2)c(OC)c1. The molecule has 7 nitrogen and oxygen atoms in total. The van der Waals surface area contributed by atoms with Gasteiger partial charge in [0.15, 0.2) is 0 Å². The van der Waals surface area contributed by atoms with Crippen LogP contribution in [-0.2, 0) is 23.0 Å². The molecule has 164 valence electrons. The lowest BCUT2D eigenvalue weighted by Crippen LogP contribution is -2.26. The van der Waals surface area contributed by atoms with Crippen molar-refractivity contribution in [2.24, 2.45) is 0 Å². The molecule has 1 amide bonds. The number of methoxy groups -OCH3 is 2. The number of thiophene rings is 1. The third kappa shape index (κ3) is 6.06. The summed E-state index contributed by atoms with van der Waals surface area (Å²) in [6.07, 6.45) is 0.581. The van der Waals surface area contributed by atoms with E-state index in [1.54, 1.807) is 20.3 Å². The normalized spacial score (nSPS) is 11.2. The molecule has 0 saturated heterocycles. The van der Waals surface area contributed by atoms with Crippen molar-refractivity contribution in [1.29, 1.82) is 0 Å². The van der Waals surface area contributed by atoms with Crippen LogP contribution in [0.3, 0.4) is 0 Å². The topological polar surface area (TPSA) is 93.7 Å². The third-order valence-corrected chi connectivity index (χ3v) is 6.91. The van der Waals surface area contributed by atoms with E-state index in [4.69, 9.17) is 9.47 Å². The van der Waals surface area contributed by atoms with Crippen LogP contribution in [0, 0.1) is 0 Å². The van der Waals surface area contributed by atoms with Gasteiger partial charge < -0.3 is 14.8 Å². The molecule has 0 saturated carbocycles. The molecule has 1 heterocycles. The standard InChI is InChI=1S/C22H24N2O5S2/c1-28-18-8-5-16(21(14-18)29-2)11-12-23-22(25)17-6-9-20(10-7-17)31(26,27)24-15-19-4-3-13-30-19/h3-10,13-14,24H,11-12,15H2,1-2H3,(H,23,25). The quantitative estimate of drug-likeness (QED) is 0.485. The fourth-order valence-corrected chi connectivity index (χ4v) is 4.66. The monoisotopic (exact) mass is 460 g/mol. The summed E-state index contributed by atoms with van der Waals surface area (Å²) in [7, 11) is -0.471. The molecular formula is C22H24N2O5S2. The highest BCUT2D eigenvalue weighted by molar-refractivity contribution is 7.89. The number of rotatable bonds is 10. The Balaban J connectivity index is 1.55. The molecule has 0 aliphatic heterocycles. The van der Waals surface area contributed by atoms with Gasteiger partial charge in [0.1, 0.15) is 11.5 Å². The number of hydrogen-bond donors (Lipinski definition) is 2. The molecule has 0 fully saturated rings. The Hall–Kier alpha value is -2.88. The van der Waals surface area contributed by atoms with Gasteiger partial charge in [0.05, 0.1) is 19.1 Å². The lowest BCUT2D eigenvalue weighted by molar-refractivity contribution is 0.0954. The van der Waals surface area contributed by atoms with Crippen LogP contribution in [0.4, 0.5) is 0 Å². The van der Waals surface area contributed by atoms with Gasteiger partial charge >= 0.3 is 0 Å². The average molecular weight is 461 g/mol. The number of amides is 1. The minimum Gasteiger partial charge on any atom is -0.497 e. The molecule has 3 rings (SSSR count). The Morgan fingerprint density at radius 1 is 1.03 bits per heavy atom.